The minimum atomic E-state index is -2.01. The SMILES string of the molecule is Cc1ncsc1-c1ccc([C@H](CC(=O)NCCCCCCCCCCNCCCONC(=O)c2ccc(F)c(F)c2Nc2ccc(I)cc2F)NC(=O)[C@@H]2C[C@@H](O)CN2C(=O)C(NC(=O)C2(F)CC2)C(C)(C)C)cc1. The number of hydrogen-bond donors (Lipinski definition) is 7. The first kappa shape index (κ1) is 59.0. The number of alkyl halides is 1. The van der Waals surface area contributed by atoms with Gasteiger partial charge in [0, 0.05) is 23.1 Å². The van der Waals surface area contributed by atoms with E-state index in [9.17, 15) is 46.6 Å². The molecule has 7 N–H and O–H groups in total. The van der Waals surface area contributed by atoms with Crippen molar-refractivity contribution in [1.29, 1.82) is 0 Å². The molecule has 2 heterocycles. The number of amides is 5. The maximum Gasteiger partial charge on any atom is 0.277 e. The number of aromatic nitrogens is 1. The van der Waals surface area contributed by atoms with E-state index in [0.717, 1.165) is 86.2 Å². The first-order chi connectivity index (χ1) is 35.7. The number of halogens is 5. The molecule has 1 aliphatic carbocycles. The smallest absolute Gasteiger partial charge is 0.277 e. The summed E-state index contributed by atoms with van der Waals surface area (Å²) in [4.78, 5) is 79.1. The summed E-state index contributed by atoms with van der Waals surface area (Å²) in [6.07, 6.45) is 7.64. The van der Waals surface area contributed by atoms with Gasteiger partial charge in [-0.2, -0.15) is 0 Å². The number of aliphatic hydroxyl groups excluding tert-OH is 1. The number of benzene rings is 3. The van der Waals surface area contributed by atoms with E-state index in [2.05, 4.69) is 37.0 Å². The Morgan fingerprint density at radius 3 is 2.19 bits per heavy atom. The summed E-state index contributed by atoms with van der Waals surface area (Å²) in [5.74, 6) is -6.29. The Balaban J connectivity index is 0.865. The Bertz CT molecular complexity index is 2600. The lowest BCUT2D eigenvalue weighted by Gasteiger charge is -2.36. The average Bonchev–Trinajstić information content (AvgIpc) is 3.77. The van der Waals surface area contributed by atoms with Crippen LogP contribution in [0.25, 0.3) is 10.4 Å². The fraction of sp³-hybridized carbons (Fsp3) is 0.519. The normalized spacial score (nSPS) is 16.7. The van der Waals surface area contributed by atoms with E-state index in [1.54, 1.807) is 32.3 Å². The molecule has 4 atom stereocenters. The van der Waals surface area contributed by atoms with Crippen LogP contribution in [-0.2, 0) is 24.0 Å². The quantitative estimate of drug-likeness (QED) is 0.0125. The standard InChI is InChI=1S/C54H69F4IN8O7S/c1-33-47(75-32-62-33)35-16-14-34(15-17-35)42(64-50(71)43-29-37(68)31-67(43)51(72)48(53(2,3)4)65-52(73)54(58)22-23-54)30-44(69)61-26-12-10-8-6-5-7-9-11-24-60-25-13-27-74-66-49(70)38-19-20-39(55)45(57)46(38)63-41-21-18-36(59)28-40(41)56/h14-21,28,32,37,42-43,48,60,63,68H,5-13,22-27,29-31H2,1-4H3,(H,61,69)(H,64,71)(H,65,73)(H,66,70)/t37-,42+,43+,48?/m1/s1. The third kappa shape index (κ3) is 17.1. The molecule has 0 radical (unpaired) electrons. The molecule has 1 unspecified atom stereocenters. The van der Waals surface area contributed by atoms with Crippen LogP contribution in [0.2, 0.25) is 0 Å². The van der Waals surface area contributed by atoms with E-state index in [-0.39, 0.29) is 56.0 Å². The van der Waals surface area contributed by atoms with Gasteiger partial charge in [-0.15, -0.1) is 11.3 Å². The molecule has 21 heteroatoms. The zero-order valence-corrected chi connectivity index (χ0v) is 45.9. The number of anilines is 2. The van der Waals surface area contributed by atoms with Gasteiger partial charge in [-0.3, -0.25) is 28.8 Å². The molecule has 0 bridgehead atoms. The summed E-state index contributed by atoms with van der Waals surface area (Å²) < 4.78 is 58.5. The van der Waals surface area contributed by atoms with Gasteiger partial charge in [-0.25, -0.2) is 28.0 Å². The summed E-state index contributed by atoms with van der Waals surface area (Å²) >= 11 is 3.43. The van der Waals surface area contributed by atoms with Crippen molar-refractivity contribution in [2.45, 2.75) is 141 Å². The number of hydroxylamine groups is 1. The van der Waals surface area contributed by atoms with E-state index in [0.29, 0.717) is 28.6 Å². The van der Waals surface area contributed by atoms with Crippen molar-refractivity contribution >= 4 is 74.8 Å². The molecule has 6 rings (SSSR count). The molecule has 2 fully saturated rings. The molecule has 3 aromatic carbocycles. The number of hydrogen-bond acceptors (Lipinski definition) is 11. The molecule has 5 amide bonds. The lowest BCUT2D eigenvalue weighted by Crippen LogP contribution is -2.59. The highest BCUT2D eigenvalue weighted by Crippen LogP contribution is 2.41. The number of aryl methyl sites for hydroxylation is 1. The Kier molecular flexibility index (Phi) is 21.8. The fourth-order valence-corrected chi connectivity index (χ4v) is 10.0. The van der Waals surface area contributed by atoms with Gasteiger partial charge < -0.3 is 36.6 Å². The molecule has 15 nitrogen and oxygen atoms in total. The highest BCUT2D eigenvalue weighted by molar-refractivity contribution is 14.1. The van der Waals surface area contributed by atoms with Gasteiger partial charge in [-0.1, -0.05) is 83.6 Å². The number of likely N-dealkylation sites (tertiary alicyclic amines) is 1. The summed E-state index contributed by atoms with van der Waals surface area (Å²) in [5, 5.41) is 25.2. The highest BCUT2D eigenvalue weighted by Gasteiger charge is 2.53. The minimum absolute atomic E-state index is 0.0466. The van der Waals surface area contributed by atoms with Crippen molar-refractivity contribution in [3.05, 3.63) is 98.0 Å². The molecular formula is C54H69F4IN8O7S. The lowest BCUT2D eigenvalue weighted by atomic mass is 9.85. The fourth-order valence-electron chi connectivity index (χ4n) is 8.76. The predicted octanol–water partition coefficient (Wildman–Crippen LogP) is 9.00. The van der Waals surface area contributed by atoms with Crippen molar-refractivity contribution in [3.63, 3.8) is 0 Å². The Hall–Kier alpha value is -5.23. The maximum atomic E-state index is 14.7. The molecule has 75 heavy (non-hydrogen) atoms. The van der Waals surface area contributed by atoms with Gasteiger partial charge in [0.2, 0.25) is 17.7 Å². The number of thiazole rings is 1. The number of nitrogens with one attached hydrogen (secondary N) is 6. The number of nitrogens with zero attached hydrogens (tertiary/aromatic N) is 2. The van der Waals surface area contributed by atoms with Crippen molar-refractivity contribution in [2.75, 3.05) is 38.1 Å². The van der Waals surface area contributed by atoms with Crippen LogP contribution >= 0.6 is 33.9 Å². The number of carbonyl (C=O) groups is 5. The molecule has 4 aromatic rings. The number of unbranched alkanes of at least 4 members (excludes halogenated alkanes) is 7. The molecule has 408 valence electrons. The monoisotopic (exact) mass is 1180 g/mol. The van der Waals surface area contributed by atoms with Gasteiger partial charge in [0.15, 0.2) is 17.3 Å². The maximum absolute atomic E-state index is 14.7. The van der Waals surface area contributed by atoms with Crippen LogP contribution in [-0.4, -0.2) is 101 Å². The van der Waals surface area contributed by atoms with Crippen molar-refractivity contribution in [2.24, 2.45) is 5.41 Å². The van der Waals surface area contributed by atoms with Crippen LogP contribution in [0.3, 0.4) is 0 Å². The van der Waals surface area contributed by atoms with Crippen molar-refractivity contribution < 1.29 is 51.5 Å². The second kappa shape index (κ2) is 27.7. The van der Waals surface area contributed by atoms with Crippen LogP contribution in [0, 0.1) is 33.4 Å². The zero-order valence-electron chi connectivity index (χ0n) is 42.9. The predicted molar refractivity (Wildman–Crippen MR) is 288 cm³/mol. The lowest BCUT2D eigenvalue weighted by molar-refractivity contribution is -0.145. The summed E-state index contributed by atoms with van der Waals surface area (Å²) in [5.41, 5.74) is 2.80. The molecule has 1 saturated heterocycles. The molecular weight excluding hydrogens is 1110 g/mol. The molecule has 0 spiro atoms. The van der Waals surface area contributed by atoms with Gasteiger partial charge in [0.1, 0.15) is 17.9 Å². The van der Waals surface area contributed by atoms with Gasteiger partial charge in [0.05, 0.1) is 58.2 Å². The van der Waals surface area contributed by atoms with Crippen LogP contribution < -0.4 is 32.1 Å². The van der Waals surface area contributed by atoms with E-state index in [1.807, 2.05) is 53.8 Å². The Labute approximate surface area is 453 Å². The van der Waals surface area contributed by atoms with Crippen LogP contribution in [0.1, 0.15) is 132 Å². The van der Waals surface area contributed by atoms with Crippen LogP contribution in [0.4, 0.5) is 28.9 Å². The molecule has 2 aliphatic rings. The molecule has 1 saturated carbocycles. The van der Waals surface area contributed by atoms with Crippen molar-refractivity contribution in [3.8, 4) is 10.4 Å². The summed E-state index contributed by atoms with van der Waals surface area (Å²) in [6.45, 7) is 9.10. The summed E-state index contributed by atoms with van der Waals surface area (Å²) in [6, 6.07) is 10.6. The van der Waals surface area contributed by atoms with Gasteiger partial charge >= 0.3 is 0 Å². The topological polar surface area (TPSA) is 203 Å². The number of rotatable bonds is 28. The summed E-state index contributed by atoms with van der Waals surface area (Å²) in [7, 11) is 0. The van der Waals surface area contributed by atoms with Crippen LogP contribution in [0.5, 0.6) is 0 Å². The molecule has 1 aromatic heterocycles. The number of β-amino-alcohol motifs (C(OH)–C–C–N with tert-alkyl or cyclic N) is 1. The second-order valence-electron chi connectivity index (χ2n) is 20.4. The Morgan fingerprint density at radius 1 is 0.880 bits per heavy atom. The average molecular weight is 1180 g/mol. The van der Waals surface area contributed by atoms with Gasteiger partial charge in [0.25, 0.3) is 11.8 Å². The van der Waals surface area contributed by atoms with E-state index in [1.165, 1.54) is 28.4 Å². The van der Waals surface area contributed by atoms with E-state index >= 15 is 0 Å². The first-order valence-corrected chi connectivity index (χ1v) is 27.6. The highest BCUT2D eigenvalue weighted by atomic mass is 127. The van der Waals surface area contributed by atoms with Crippen LogP contribution in [0.15, 0.2) is 60.1 Å². The van der Waals surface area contributed by atoms with E-state index < -0.39 is 82.1 Å². The van der Waals surface area contributed by atoms with Gasteiger partial charge in [-0.05, 0) is 122 Å². The third-order valence-electron chi connectivity index (χ3n) is 13.3. The zero-order chi connectivity index (χ0) is 54.3. The number of aliphatic hydroxyl groups is 1. The minimum Gasteiger partial charge on any atom is -0.391 e. The molecule has 1 aliphatic heterocycles. The Morgan fingerprint density at radius 2 is 1.55 bits per heavy atom. The van der Waals surface area contributed by atoms with E-state index in [4.69, 9.17) is 4.84 Å². The second-order valence-corrected chi connectivity index (χ2v) is 22.5. The largest absolute Gasteiger partial charge is 0.391 e. The van der Waals surface area contributed by atoms with Crippen molar-refractivity contribution in [1.82, 2.24) is 36.6 Å². The third-order valence-corrected chi connectivity index (χ3v) is 14.9. The number of carbonyl (C=O) groups excluding carboxylic acids is 5. The first-order valence-electron chi connectivity index (χ1n) is 25.6.